The van der Waals surface area contributed by atoms with Crippen molar-refractivity contribution in [3.8, 4) is 11.5 Å². The normalized spacial score (nSPS) is 11.1. The topological polar surface area (TPSA) is 64.6 Å². The smallest absolute Gasteiger partial charge is 0.265 e. The second-order valence-corrected chi connectivity index (χ2v) is 6.31. The van der Waals surface area contributed by atoms with E-state index in [-0.39, 0.29) is 21.4 Å². The molecule has 0 spiro atoms. The predicted molar refractivity (Wildman–Crippen MR) is 81.8 cm³/mol. The first-order chi connectivity index (χ1) is 10.4. The summed E-state index contributed by atoms with van der Waals surface area (Å²) >= 11 is 5.94. The summed E-state index contributed by atoms with van der Waals surface area (Å²) in [5.41, 5.74) is 0.220. The highest BCUT2D eigenvalue weighted by atomic mass is 35.5. The van der Waals surface area contributed by atoms with E-state index in [0.717, 1.165) is 12.1 Å². The maximum Gasteiger partial charge on any atom is 0.265 e. The van der Waals surface area contributed by atoms with Crippen LogP contribution < -0.4 is 14.2 Å². The number of anilines is 1. The van der Waals surface area contributed by atoms with Crippen LogP contribution in [0.2, 0.25) is 5.02 Å². The molecule has 8 heteroatoms. The summed E-state index contributed by atoms with van der Waals surface area (Å²) in [5.74, 6) is -0.240. The Balaban J connectivity index is 2.40. The molecule has 22 heavy (non-hydrogen) atoms. The molecule has 0 radical (unpaired) electrons. The molecule has 2 rings (SSSR count). The van der Waals surface area contributed by atoms with Gasteiger partial charge >= 0.3 is 0 Å². The molecule has 2 aromatic rings. The maximum atomic E-state index is 13.3. The molecule has 0 aliphatic heterocycles. The molecular formula is C14H13ClFNO4S. The van der Waals surface area contributed by atoms with E-state index < -0.39 is 15.8 Å². The Morgan fingerprint density at radius 3 is 2.27 bits per heavy atom. The fourth-order valence-electron chi connectivity index (χ4n) is 1.80. The van der Waals surface area contributed by atoms with Crippen LogP contribution in [0, 0.1) is 5.82 Å². The highest BCUT2D eigenvalue weighted by Gasteiger charge is 2.21. The van der Waals surface area contributed by atoms with Gasteiger partial charge in [0.2, 0.25) is 0 Å². The number of rotatable bonds is 5. The molecule has 0 aliphatic carbocycles. The highest BCUT2D eigenvalue weighted by molar-refractivity contribution is 7.92. The summed E-state index contributed by atoms with van der Waals surface area (Å²) in [4.78, 5) is -0.304. The van der Waals surface area contributed by atoms with Gasteiger partial charge in [-0.25, -0.2) is 12.8 Å². The molecule has 5 nitrogen and oxygen atoms in total. The minimum absolute atomic E-state index is 0.0357. The first kappa shape index (κ1) is 16.4. The number of benzene rings is 2. The number of sulfonamides is 1. The maximum absolute atomic E-state index is 13.3. The van der Waals surface area contributed by atoms with E-state index in [9.17, 15) is 12.8 Å². The van der Waals surface area contributed by atoms with Crippen molar-refractivity contribution in [1.29, 1.82) is 0 Å². The SMILES string of the molecule is COc1ccc(NS(=O)(=O)c2cc(F)ccc2OC)cc1Cl. The molecule has 0 saturated carbocycles. The molecule has 118 valence electrons. The fourth-order valence-corrected chi connectivity index (χ4v) is 3.29. The second kappa shape index (κ2) is 6.41. The van der Waals surface area contributed by atoms with Crippen molar-refractivity contribution in [2.24, 2.45) is 0 Å². The lowest BCUT2D eigenvalue weighted by Crippen LogP contribution is -2.14. The molecule has 0 aromatic heterocycles. The summed E-state index contributed by atoms with van der Waals surface area (Å²) < 4.78 is 50.3. The van der Waals surface area contributed by atoms with Crippen LogP contribution in [0.15, 0.2) is 41.3 Å². The summed E-state index contributed by atoms with van der Waals surface area (Å²) in [6.07, 6.45) is 0. The van der Waals surface area contributed by atoms with Gasteiger partial charge in [0.25, 0.3) is 10.0 Å². The second-order valence-electron chi connectivity index (χ2n) is 4.25. The Morgan fingerprint density at radius 1 is 1.05 bits per heavy atom. The van der Waals surface area contributed by atoms with E-state index in [1.165, 1.54) is 38.5 Å². The number of ether oxygens (including phenoxy) is 2. The van der Waals surface area contributed by atoms with Crippen molar-refractivity contribution in [2.75, 3.05) is 18.9 Å². The summed E-state index contributed by atoms with van der Waals surface area (Å²) in [7, 11) is -1.28. The van der Waals surface area contributed by atoms with Crippen LogP contribution in [0.25, 0.3) is 0 Å². The van der Waals surface area contributed by atoms with Crippen LogP contribution >= 0.6 is 11.6 Å². The van der Waals surface area contributed by atoms with Crippen molar-refractivity contribution in [2.45, 2.75) is 4.90 Å². The zero-order chi connectivity index (χ0) is 16.3. The van der Waals surface area contributed by atoms with Crippen LogP contribution in [-0.2, 0) is 10.0 Å². The van der Waals surface area contributed by atoms with Gasteiger partial charge in [-0.05, 0) is 36.4 Å². The molecule has 0 bridgehead atoms. The van der Waals surface area contributed by atoms with Gasteiger partial charge in [0.15, 0.2) is 0 Å². The lowest BCUT2D eigenvalue weighted by atomic mass is 10.3. The van der Waals surface area contributed by atoms with Gasteiger partial charge in [-0.3, -0.25) is 4.72 Å². The standard InChI is InChI=1S/C14H13ClFNO4S/c1-20-12-6-4-10(8-11(12)15)17-22(18,19)14-7-9(16)3-5-13(14)21-2/h3-8,17H,1-2H3. The lowest BCUT2D eigenvalue weighted by Gasteiger charge is -2.12. The van der Waals surface area contributed by atoms with E-state index >= 15 is 0 Å². The minimum Gasteiger partial charge on any atom is -0.495 e. The molecular weight excluding hydrogens is 333 g/mol. The van der Waals surface area contributed by atoms with Crippen LogP contribution in [0.4, 0.5) is 10.1 Å². The molecule has 1 N–H and O–H groups in total. The van der Waals surface area contributed by atoms with E-state index in [4.69, 9.17) is 21.1 Å². The summed E-state index contributed by atoms with van der Waals surface area (Å²) in [5, 5.41) is 0.244. The zero-order valence-electron chi connectivity index (χ0n) is 11.8. The third kappa shape index (κ3) is 3.42. The summed E-state index contributed by atoms with van der Waals surface area (Å²) in [6.45, 7) is 0. The monoisotopic (exact) mass is 345 g/mol. The van der Waals surface area contributed by atoms with Gasteiger partial charge in [-0.15, -0.1) is 0 Å². The first-order valence-corrected chi connectivity index (χ1v) is 7.93. The number of halogens is 2. The van der Waals surface area contributed by atoms with Gasteiger partial charge in [-0.1, -0.05) is 11.6 Å². The number of nitrogens with one attached hydrogen (secondary N) is 1. The Morgan fingerprint density at radius 2 is 1.68 bits per heavy atom. The Hall–Kier alpha value is -1.99. The zero-order valence-corrected chi connectivity index (χ0v) is 13.3. The molecule has 2 aromatic carbocycles. The molecule has 0 atom stereocenters. The Labute approximate surface area is 132 Å². The third-order valence-corrected chi connectivity index (χ3v) is 4.52. The van der Waals surface area contributed by atoms with Crippen LogP contribution in [0.5, 0.6) is 11.5 Å². The van der Waals surface area contributed by atoms with Crippen LogP contribution in [-0.4, -0.2) is 22.6 Å². The number of methoxy groups -OCH3 is 2. The van der Waals surface area contributed by atoms with Gasteiger partial charge in [0, 0.05) is 0 Å². The van der Waals surface area contributed by atoms with Gasteiger partial charge < -0.3 is 9.47 Å². The van der Waals surface area contributed by atoms with Crippen molar-refractivity contribution in [3.63, 3.8) is 0 Å². The van der Waals surface area contributed by atoms with Crippen molar-refractivity contribution in [3.05, 3.63) is 47.2 Å². The lowest BCUT2D eigenvalue weighted by molar-refractivity contribution is 0.401. The predicted octanol–water partition coefficient (Wildman–Crippen LogP) is 3.30. The quantitative estimate of drug-likeness (QED) is 0.903. The van der Waals surface area contributed by atoms with E-state index in [0.29, 0.717) is 5.75 Å². The van der Waals surface area contributed by atoms with Gasteiger partial charge in [0.05, 0.1) is 24.9 Å². The molecule has 0 aliphatic rings. The van der Waals surface area contributed by atoms with E-state index in [1.807, 2.05) is 0 Å². The fraction of sp³-hybridized carbons (Fsp3) is 0.143. The third-order valence-electron chi connectivity index (χ3n) is 2.82. The molecule has 0 unspecified atom stereocenters. The van der Waals surface area contributed by atoms with Crippen LogP contribution in [0.3, 0.4) is 0 Å². The van der Waals surface area contributed by atoms with E-state index in [1.54, 1.807) is 0 Å². The van der Waals surface area contributed by atoms with Crippen molar-refractivity contribution < 1.29 is 22.3 Å². The average Bonchev–Trinajstić information content (AvgIpc) is 2.47. The first-order valence-electron chi connectivity index (χ1n) is 6.07. The average molecular weight is 346 g/mol. The molecule has 0 fully saturated rings. The largest absolute Gasteiger partial charge is 0.495 e. The number of hydrogen-bond acceptors (Lipinski definition) is 4. The van der Waals surface area contributed by atoms with E-state index in [2.05, 4.69) is 4.72 Å². The van der Waals surface area contributed by atoms with Crippen molar-refractivity contribution in [1.82, 2.24) is 0 Å². The Kier molecular flexibility index (Phi) is 4.77. The highest BCUT2D eigenvalue weighted by Crippen LogP contribution is 2.30. The van der Waals surface area contributed by atoms with Crippen molar-refractivity contribution >= 4 is 27.3 Å². The number of hydrogen-bond donors (Lipinski definition) is 1. The molecule has 0 saturated heterocycles. The summed E-state index contributed by atoms with van der Waals surface area (Å²) in [6, 6.07) is 7.63. The van der Waals surface area contributed by atoms with Gasteiger partial charge in [-0.2, -0.15) is 0 Å². The van der Waals surface area contributed by atoms with Crippen LogP contribution in [0.1, 0.15) is 0 Å². The molecule has 0 heterocycles. The molecule has 0 amide bonds. The van der Waals surface area contributed by atoms with Gasteiger partial charge in [0.1, 0.15) is 22.2 Å². The Bertz CT molecular complexity index is 795. The minimum atomic E-state index is -4.03.